The molecule has 0 aliphatic carbocycles. The Morgan fingerprint density at radius 1 is 1.23 bits per heavy atom. The van der Waals surface area contributed by atoms with Gasteiger partial charge in [0, 0.05) is 42.7 Å². The second-order valence-electron chi connectivity index (χ2n) is 7.83. The van der Waals surface area contributed by atoms with E-state index in [1.165, 1.54) is 5.56 Å². The molecule has 1 aliphatic heterocycles. The number of nitrogens with zero attached hydrogens (tertiary/aromatic N) is 4. The van der Waals surface area contributed by atoms with Crippen LogP contribution in [0.3, 0.4) is 0 Å². The van der Waals surface area contributed by atoms with E-state index in [1.54, 1.807) is 36.4 Å². The van der Waals surface area contributed by atoms with Crippen molar-refractivity contribution in [2.45, 2.75) is 78.4 Å². The SMILES string of the molecule is CC.CCCCc1ccc(C(=O)N2C(C)CCC2Cn2cccn2)cc1OC.CO.c1cscn1. The van der Waals surface area contributed by atoms with Gasteiger partial charge < -0.3 is 14.7 Å². The van der Waals surface area contributed by atoms with Crippen LogP contribution in [0.15, 0.2) is 53.7 Å². The molecule has 1 fully saturated rings. The van der Waals surface area contributed by atoms with Crippen LogP contribution in [0.4, 0.5) is 0 Å². The number of aromatic nitrogens is 3. The van der Waals surface area contributed by atoms with Gasteiger partial charge in [-0.1, -0.05) is 33.3 Å². The van der Waals surface area contributed by atoms with Crippen molar-refractivity contribution in [3.05, 3.63) is 64.9 Å². The number of methoxy groups -OCH3 is 1. The lowest BCUT2D eigenvalue weighted by atomic mass is 10.0. The Bertz CT molecular complexity index is 899. The number of rotatable bonds is 7. The van der Waals surface area contributed by atoms with Crippen molar-refractivity contribution in [3.8, 4) is 5.75 Å². The number of carbonyl (C=O) groups excluding carboxylic acids is 1. The van der Waals surface area contributed by atoms with Gasteiger partial charge in [0.05, 0.1) is 25.2 Å². The van der Waals surface area contributed by atoms with Crippen molar-refractivity contribution in [2.24, 2.45) is 0 Å². The van der Waals surface area contributed by atoms with E-state index in [9.17, 15) is 4.79 Å². The molecule has 2 unspecified atom stereocenters. The van der Waals surface area contributed by atoms with Crippen LogP contribution in [0.25, 0.3) is 0 Å². The van der Waals surface area contributed by atoms with Crippen molar-refractivity contribution in [2.75, 3.05) is 14.2 Å². The smallest absolute Gasteiger partial charge is 0.254 e. The molecule has 1 saturated heterocycles. The molecule has 0 saturated carbocycles. The number of benzene rings is 1. The Morgan fingerprint density at radius 3 is 2.54 bits per heavy atom. The molecule has 2 atom stereocenters. The minimum absolute atomic E-state index is 0.0903. The first-order chi connectivity index (χ1) is 17.1. The summed E-state index contributed by atoms with van der Waals surface area (Å²) in [5.41, 5.74) is 3.68. The number of aliphatic hydroxyl groups is 1. The molecule has 1 aliphatic rings. The number of aryl methyl sites for hydroxylation is 1. The molecule has 8 heteroatoms. The summed E-state index contributed by atoms with van der Waals surface area (Å²) in [4.78, 5) is 19.0. The molecule has 0 radical (unpaired) electrons. The summed E-state index contributed by atoms with van der Waals surface area (Å²) in [5, 5.41) is 13.2. The number of ether oxygens (including phenoxy) is 1. The van der Waals surface area contributed by atoms with Gasteiger partial charge in [0.25, 0.3) is 5.91 Å². The highest BCUT2D eigenvalue weighted by atomic mass is 32.1. The highest BCUT2D eigenvalue weighted by Gasteiger charge is 2.35. The maximum atomic E-state index is 13.2. The monoisotopic (exact) mass is 502 g/mol. The van der Waals surface area contributed by atoms with E-state index in [2.05, 4.69) is 23.9 Å². The zero-order valence-electron chi connectivity index (χ0n) is 22.1. The molecule has 0 bridgehead atoms. The third-order valence-corrected chi connectivity index (χ3v) is 6.18. The number of hydrogen-bond donors (Lipinski definition) is 1. The van der Waals surface area contributed by atoms with E-state index in [1.807, 2.05) is 59.3 Å². The van der Waals surface area contributed by atoms with Crippen LogP contribution in [-0.4, -0.2) is 57.0 Å². The van der Waals surface area contributed by atoms with Crippen LogP contribution in [0.2, 0.25) is 0 Å². The average Bonchev–Trinajstić information content (AvgIpc) is 3.70. The van der Waals surface area contributed by atoms with E-state index in [-0.39, 0.29) is 18.0 Å². The van der Waals surface area contributed by atoms with Crippen LogP contribution in [0, 0.1) is 0 Å². The summed E-state index contributed by atoms with van der Waals surface area (Å²) in [7, 11) is 2.68. The van der Waals surface area contributed by atoms with Gasteiger partial charge in [-0.2, -0.15) is 5.10 Å². The van der Waals surface area contributed by atoms with Crippen LogP contribution in [0.5, 0.6) is 5.75 Å². The fourth-order valence-corrected chi connectivity index (χ4v) is 4.37. The molecule has 7 nitrogen and oxygen atoms in total. The van der Waals surface area contributed by atoms with Gasteiger partial charge >= 0.3 is 0 Å². The number of amides is 1. The molecule has 3 heterocycles. The fourth-order valence-electron chi connectivity index (χ4n) is 4.02. The Balaban J connectivity index is 0.000000584. The van der Waals surface area contributed by atoms with E-state index in [0.717, 1.165) is 51.5 Å². The summed E-state index contributed by atoms with van der Waals surface area (Å²) in [6.45, 7) is 9.06. The molecule has 35 heavy (non-hydrogen) atoms. The summed E-state index contributed by atoms with van der Waals surface area (Å²) >= 11 is 1.60. The second-order valence-corrected chi connectivity index (χ2v) is 8.58. The third kappa shape index (κ3) is 9.45. The van der Waals surface area contributed by atoms with Gasteiger partial charge in [-0.25, -0.2) is 0 Å². The van der Waals surface area contributed by atoms with E-state index in [0.29, 0.717) is 5.56 Å². The molecule has 4 rings (SSSR count). The number of aliphatic hydroxyl groups excluding tert-OH is 1. The lowest BCUT2D eigenvalue weighted by molar-refractivity contribution is 0.0661. The molecule has 3 aromatic rings. The first-order valence-electron chi connectivity index (χ1n) is 12.4. The number of unbranched alkanes of at least 4 members (excludes halogenated alkanes) is 1. The van der Waals surface area contributed by atoms with Gasteiger partial charge in [-0.15, -0.1) is 11.3 Å². The highest BCUT2D eigenvalue weighted by Crippen LogP contribution is 2.29. The maximum absolute atomic E-state index is 13.2. The molecular weight excluding hydrogens is 460 g/mol. The van der Waals surface area contributed by atoms with Gasteiger partial charge in [-0.05, 0) is 56.4 Å². The first kappa shape index (κ1) is 30.3. The number of carbonyl (C=O) groups is 1. The van der Waals surface area contributed by atoms with Crippen molar-refractivity contribution in [1.82, 2.24) is 19.7 Å². The molecule has 194 valence electrons. The summed E-state index contributed by atoms with van der Waals surface area (Å²) in [6.07, 6.45) is 10.8. The normalized spacial score (nSPS) is 16.1. The van der Waals surface area contributed by atoms with Crippen molar-refractivity contribution < 1.29 is 14.6 Å². The molecular formula is C27H42N4O3S. The van der Waals surface area contributed by atoms with Crippen LogP contribution < -0.4 is 4.74 Å². The van der Waals surface area contributed by atoms with Crippen molar-refractivity contribution in [1.29, 1.82) is 0 Å². The van der Waals surface area contributed by atoms with Crippen LogP contribution in [-0.2, 0) is 13.0 Å². The van der Waals surface area contributed by atoms with Crippen LogP contribution >= 0.6 is 11.3 Å². The Hall–Kier alpha value is -2.71. The quantitative estimate of drug-likeness (QED) is 0.448. The Labute approximate surface area is 214 Å². The van der Waals surface area contributed by atoms with Crippen LogP contribution in [0.1, 0.15) is 69.3 Å². The standard InChI is InChI=1S/C21H29N3O2.C3H3NS.C2H6.CH4O/c1-4-5-7-17-9-10-18(14-20(17)26-3)21(25)24-16(2)8-11-19(24)15-23-13-6-12-22-23;1-2-5-3-4-1;2*1-2/h6,9-10,12-14,16,19H,4-5,7-8,11,15H2,1-3H3;1-3H;1-2H3;2H,1H3. The fraction of sp³-hybridized carbons (Fsp3) is 0.519. The van der Waals surface area contributed by atoms with E-state index in [4.69, 9.17) is 9.84 Å². The summed E-state index contributed by atoms with van der Waals surface area (Å²) < 4.78 is 7.46. The topological polar surface area (TPSA) is 80.5 Å². The number of hydrogen-bond acceptors (Lipinski definition) is 6. The minimum atomic E-state index is 0.0903. The summed E-state index contributed by atoms with van der Waals surface area (Å²) in [6, 6.07) is 8.25. The Morgan fingerprint density at radius 2 is 2.00 bits per heavy atom. The predicted molar refractivity (Wildman–Crippen MR) is 144 cm³/mol. The largest absolute Gasteiger partial charge is 0.496 e. The zero-order valence-corrected chi connectivity index (χ0v) is 22.9. The number of likely N-dealkylation sites (tertiary alicyclic amines) is 1. The average molecular weight is 503 g/mol. The minimum Gasteiger partial charge on any atom is -0.496 e. The predicted octanol–water partition coefficient (Wildman–Crippen LogP) is 5.71. The molecule has 0 spiro atoms. The third-order valence-electron chi connectivity index (χ3n) is 5.66. The van der Waals surface area contributed by atoms with Crippen molar-refractivity contribution in [3.63, 3.8) is 0 Å². The van der Waals surface area contributed by atoms with E-state index < -0.39 is 0 Å². The van der Waals surface area contributed by atoms with Gasteiger partial charge in [0.15, 0.2) is 0 Å². The molecule has 1 aromatic carbocycles. The first-order valence-corrected chi connectivity index (χ1v) is 13.3. The lowest BCUT2D eigenvalue weighted by Crippen LogP contribution is -2.42. The Kier molecular flexibility index (Phi) is 15.3. The molecule has 1 amide bonds. The number of thiazole rings is 1. The van der Waals surface area contributed by atoms with Gasteiger partial charge in [0.1, 0.15) is 5.75 Å². The second kappa shape index (κ2) is 17.7. The zero-order chi connectivity index (χ0) is 26.1. The van der Waals surface area contributed by atoms with Gasteiger partial charge in [0.2, 0.25) is 0 Å². The van der Waals surface area contributed by atoms with E-state index >= 15 is 0 Å². The van der Waals surface area contributed by atoms with Gasteiger partial charge in [-0.3, -0.25) is 14.5 Å². The lowest BCUT2D eigenvalue weighted by Gasteiger charge is -2.29. The molecule has 1 N–H and O–H groups in total. The molecule has 2 aromatic heterocycles. The maximum Gasteiger partial charge on any atom is 0.254 e. The summed E-state index contributed by atoms with van der Waals surface area (Å²) in [5.74, 6) is 0.910. The van der Waals surface area contributed by atoms with Crippen molar-refractivity contribution >= 4 is 17.2 Å². The highest BCUT2D eigenvalue weighted by molar-refractivity contribution is 7.07.